The summed E-state index contributed by atoms with van der Waals surface area (Å²) in [7, 11) is 0. The quantitative estimate of drug-likeness (QED) is 0.156. The Kier molecular flexibility index (Phi) is 16.9. The number of halogens is 1. The molecule has 6 aromatic heterocycles. The van der Waals surface area contributed by atoms with Gasteiger partial charge in [0.05, 0.1) is 50.0 Å². The Morgan fingerprint density at radius 1 is 0.246 bits per heavy atom. The highest BCUT2D eigenvalue weighted by atomic mass is 79.9. The van der Waals surface area contributed by atoms with Crippen molar-refractivity contribution in [2.24, 2.45) is 0 Å². The lowest BCUT2D eigenvalue weighted by Crippen LogP contribution is -2.11. The monoisotopic (exact) mass is 1560 g/mol. The molecule has 0 aliphatic rings. The van der Waals surface area contributed by atoms with E-state index in [0.29, 0.717) is 0 Å². The molecule has 6 nitrogen and oxygen atoms in total. The van der Waals surface area contributed by atoms with Crippen LogP contribution in [0.5, 0.6) is 0 Å². The average Bonchev–Trinajstić information content (AvgIpc) is 1.55. The molecule has 0 radical (unpaired) electrons. The van der Waals surface area contributed by atoms with Crippen molar-refractivity contribution in [2.45, 2.75) is 7.43 Å². The molecule has 0 saturated heterocycles. The van der Waals surface area contributed by atoms with Gasteiger partial charge in [-0.15, -0.1) is 22.7 Å². The number of fused-ring (bicyclic) bond motifs is 22. The number of hydrogen-bond donors (Lipinski definition) is 1. The summed E-state index contributed by atoms with van der Waals surface area (Å²) in [4.78, 5) is 8.55. The molecule has 0 amide bonds. The van der Waals surface area contributed by atoms with Gasteiger partial charge in [0.15, 0.2) is 0 Å². The van der Waals surface area contributed by atoms with Crippen molar-refractivity contribution in [3.8, 4) is 17.1 Å². The van der Waals surface area contributed by atoms with Crippen LogP contribution in [0.2, 0.25) is 0 Å². The summed E-state index contributed by atoms with van der Waals surface area (Å²) in [6.07, 6.45) is 0. The van der Waals surface area contributed by atoms with Gasteiger partial charge >= 0.3 is 0 Å². The maximum atomic E-state index is 3.81. The molecule has 0 spiro atoms. The van der Waals surface area contributed by atoms with Crippen molar-refractivity contribution in [3.63, 3.8) is 0 Å². The minimum Gasteiger partial charge on any atom is -0.353 e. The van der Waals surface area contributed by atoms with Gasteiger partial charge in [0.2, 0.25) is 0 Å². The highest BCUT2D eigenvalue weighted by molar-refractivity contribution is 9.10. The van der Waals surface area contributed by atoms with Crippen LogP contribution in [0.15, 0.2) is 405 Å². The largest absolute Gasteiger partial charge is 0.353 e. The molecule has 9 heteroatoms. The summed E-state index contributed by atoms with van der Waals surface area (Å²) in [6.45, 7) is 0. The predicted molar refractivity (Wildman–Crippen MR) is 496 cm³/mol. The highest BCUT2D eigenvalue weighted by Crippen LogP contribution is 2.49. The van der Waals surface area contributed by atoms with Gasteiger partial charge in [0.25, 0.3) is 0 Å². The van der Waals surface area contributed by atoms with Crippen LogP contribution in [-0.4, -0.2) is 18.7 Å². The van der Waals surface area contributed by atoms with E-state index in [4.69, 9.17) is 0 Å². The predicted octanol–water partition coefficient (Wildman–Crippen LogP) is 31.4. The number of thiophene rings is 2. The topological polar surface area (TPSA) is 37.1 Å². The molecule has 24 rings (SSSR count). The first-order chi connectivity index (χ1) is 56.0. The van der Waals surface area contributed by atoms with Crippen molar-refractivity contribution < 1.29 is 0 Å². The van der Waals surface area contributed by atoms with E-state index >= 15 is 0 Å². The smallest absolute Gasteiger partial charge is 0.0784 e. The Bertz CT molecular complexity index is 7770. The van der Waals surface area contributed by atoms with E-state index in [1.54, 1.807) is 0 Å². The molecule has 0 bridgehead atoms. The second-order valence-corrected chi connectivity index (χ2v) is 32.0. The van der Waals surface area contributed by atoms with Crippen LogP contribution in [0.25, 0.3) is 166 Å². The first-order valence-electron chi connectivity index (χ1n) is 38.2. The third kappa shape index (κ3) is 11.3. The van der Waals surface area contributed by atoms with E-state index in [1.165, 1.54) is 138 Å². The molecule has 0 atom stereocenters. The number of anilines is 6. The minimum absolute atomic E-state index is 0. The number of aromatic nitrogens is 4. The van der Waals surface area contributed by atoms with Gasteiger partial charge in [-0.05, 0) is 167 Å². The molecule has 0 unspecified atom stereocenters. The highest BCUT2D eigenvalue weighted by Gasteiger charge is 2.27. The number of rotatable bonds is 9. The molecule has 6 heterocycles. The Morgan fingerprint density at radius 2 is 0.632 bits per heavy atom. The fourth-order valence-corrected chi connectivity index (χ4v) is 20.4. The zero-order valence-electron chi connectivity index (χ0n) is 61.0. The lowest BCUT2D eigenvalue weighted by Gasteiger charge is -2.27. The molecular weight excluding hydrogens is 1490 g/mol. The zero-order chi connectivity index (χ0) is 74.6. The minimum atomic E-state index is 0. The van der Waals surface area contributed by atoms with E-state index in [1.807, 2.05) is 22.7 Å². The summed E-state index contributed by atoms with van der Waals surface area (Å²) in [5.41, 5.74) is 19.4. The van der Waals surface area contributed by atoms with Crippen molar-refractivity contribution >= 4 is 222 Å². The van der Waals surface area contributed by atoms with Gasteiger partial charge in [0.1, 0.15) is 0 Å². The van der Waals surface area contributed by atoms with Gasteiger partial charge in [-0.25, -0.2) is 0 Å². The molecule has 1 N–H and O–H groups in total. The zero-order valence-corrected chi connectivity index (χ0v) is 64.3. The third-order valence-corrected chi connectivity index (χ3v) is 25.2. The molecular formula is C105H71BrN6S2. The maximum Gasteiger partial charge on any atom is 0.0784 e. The number of nitrogens with one attached hydrogen (secondary N) is 1. The van der Waals surface area contributed by atoms with Crippen LogP contribution in [0, 0.1) is 0 Å². The summed E-state index contributed by atoms with van der Waals surface area (Å²) >= 11 is 7.21. The Hall–Kier alpha value is -13.8. The normalized spacial score (nSPS) is 11.7. The summed E-state index contributed by atoms with van der Waals surface area (Å²) < 4.78 is 13.9. The number of H-pyrrole nitrogens is 1. The molecule has 540 valence electrons. The Morgan fingerprint density at radius 3 is 1.16 bits per heavy atom. The number of nitrogens with zero attached hydrogens (tertiary/aromatic N) is 5. The van der Waals surface area contributed by atoms with Gasteiger partial charge in [-0.2, -0.15) is 0 Å². The Balaban J connectivity index is 0.000000124. The van der Waals surface area contributed by atoms with Gasteiger partial charge < -0.3 is 28.5 Å². The first kappa shape index (κ1) is 68.2. The molecule has 0 saturated carbocycles. The molecule has 24 aromatic rings. The first-order valence-corrected chi connectivity index (χ1v) is 40.7. The van der Waals surface area contributed by atoms with E-state index in [0.717, 1.165) is 66.7 Å². The molecule has 0 fully saturated rings. The van der Waals surface area contributed by atoms with Crippen LogP contribution < -0.4 is 9.80 Å². The second kappa shape index (κ2) is 28.2. The van der Waals surface area contributed by atoms with Crippen LogP contribution >= 0.6 is 38.6 Å². The molecule has 0 aliphatic carbocycles. The van der Waals surface area contributed by atoms with Gasteiger partial charge in [-0.1, -0.05) is 278 Å². The molecule has 0 aliphatic heterocycles. The van der Waals surface area contributed by atoms with Crippen molar-refractivity contribution in [3.05, 3.63) is 405 Å². The number of hydrogen-bond acceptors (Lipinski definition) is 4. The summed E-state index contributed by atoms with van der Waals surface area (Å²) in [6, 6.07) is 145. The van der Waals surface area contributed by atoms with E-state index in [2.05, 4.69) is 445 Å². The lowest BCUT2D eigenvalue weighted by atomic mass is 10.0. The van der Waals surface area contributed by atoms with Crippen LogP contribution in [0.4, 0.5) is 34.1 Å². The number of aromatic amines is 1. The van der Waals surface area contributed by atoms with E-state index in [9.17, 15) is 0 Å². The van der Waals surface area contributed by atoms with E-state index < -0.39 is 0 Å². The van der Waals surface area contributed by atoms with Crippen molar-refractivity contribution in [2.75, 3.05) is 9.80 Å². The summed E-state index contributed by atoms with van der Waals surface area (Å²) in [5, 5.41) is 20.2. The number of benzene rings is 18. The fourth-order valence-electron chi connectivity index (χ4n) is 17.6. The molecule has 18 aromatic carbocycles. The maximum absolute atomic E-state index is 3.81. The molecule has 114 heavy (non-hydrogen) atoms. The van der Waals surface area contributed by atoms with Crippen LogP contribution in [0.3, 0.4) is 0 Å². The summed E-state index contributed by atoms with van der Waals surface area (Å²) in [5.74, 6) is 0. The van der Waals surface area contributed by atoms with Crippen LogP contribution in [0.1, 0.15) is 7.43 Å². The van der Waals surface area contributed by atoms with Crippen LogP contribution in [-0.2, 0) is 0 Å². The second-order valence-electron chi connectivity index (χ2n) is 28.9. The van der Waals surface area contributed by atoms with Crippen molar-refractivity contribution in [1.29, 1.82) is 0 Å². The Labute approximate surface area is 674 Å². The lowest BCUT2D eigenvalue weighted by molar-refractivity contribution is 1.13. The van der Waals surface area contributed by atoms with Crippen molar-refractivity contribution in [1.82, 2.24) is 18.7 Å². The average molecular weight is 1560 g/mol. The van der Waals surface area contributed by atoms with Gasteiger partial charge in [0, 0.05) is 133 Å². The SMILES string of the molecule is Brc1ccc2c(c1)sc1ccccc12.C.c1ccc(N(c2ccccc2)c2cc(-n3c4ccccc4c4c5ccccc5ccc43)c3[nH]c4ccccc4c3c2)cc1.c1ccc(N(c2ccccc2)c2cc(-n3c4ccccc4c4c5ccccc5ccc43)c3c(c2)c2ccccc2n3-c2ccc3c(c2)sc2ccccc23)cc1. The standard InChI is InChI=1S/C52H33N3S.C40H27N3.C12H7BrS.CH4/c1-3-16-35(17-4-1)53(36-18-5-2-6-19-36)38-31-44-40-21-9-12-24-45(40)54(37-28-29-42-41-22-11-14-26-49(41)56-50(42)33-37)52(44)48(32-38)55-46-25-13-10-23-43(46)51-39-20-8-7-15-34(39)27-30-47(51)55;1-3-14-28(15-4-1)42(29-16-5-2-6-17-29)30-25-34-32-19-9-11-21-35(32)41-40(34)38(26-30)43-36-22-12-10-20-33(36)39-31-18-8-7-13-27(31)23-24-37(39)43;13-8-5-6-10-9-3-1-2-4-11(9)14-12(10)7-8;/h1-33H;1-26,41H;1-7H;1H4. The third-order valence-electron chi connectivity index (χ3n) is 22.5. The van der Waals surface area contributed by atoms with Gasteiger partial charge in [-0.3, -0.25) is 0 Å². The van der Waals surface area contributed by atoms with E-state index in [-0.39, 0.29) is 7.43 Å². The number of para-hydroxylation sites is 8. The fraction of sp³-hybridized carbons (Fsp3) is 0.00952.